The summed E-state index contributed by atoms with van der Waals surface area (Å²) in [5.74, 6) is -0.514. The number of ether oxygens (including phenoxy) is 1. The van der Waals surface area contributed by atoms with Crippen molar-refractivity contribution in [1.82, 2.24) is 4.72 Å². The van der Waals surface area contributed by atoms with Crippen LogP contribution in [0.15, 0.2) is 87.5 Å². The van der Waals surface area contributed by atoms with Gasteiger partial charge in [-0.3, -0.25) is 0 Å². The minimum Gasteiger partial charge on any atom is -0.406 e. The smallest absolute Gasteiger partial charge is 0.406 e. The average Bonchev–Trinajstić information content (AvgIpc) is 2.83. The lowest BCUT2D eigenvalue weighted by Crippen LogP contribution is -2.56. The molecule has 1 saturated carbocycles. The van der Waals surface area contributed by atoms with E-state index in [2.05, 4.69) is 14.4 Å². The highest BCUT2D eigenvalue weighted by molar-refractivity contribution is 7.99. The van der Waals surface area contributed by atoms with E-state index in [0.717, 1.165) is 45.4 Å². The van der Waals surface area contributed by atoms with Gasteiger partial charge in [-0.15, -0.1) is 13.2 Å². The summed E-state index contributed by atoms with van der Waals surface area (Å²) in [5, 5.41) is 11.4. The second-order valence-electron chi connectivity index (χ2n) is 8.64. The molecule has 6 nitrogen and oxygen atoms in total. The SMILES string of the molecule is O=S(=O)(N[C@H]1CCC[C@@H](N2c3ccccc3Sc3ccccc32)[C@@H]1O)c1ccc(OC(F)(F)F)cc1. The molecule has 3 aromatic rings. The van der Waals surface area contributed by atoms with Crippen molar-refractivity contribution < 1.29 is 31.4 Å². The first-order valence-electron chi connectivity index (χ1n) is 11.3. The molecule has 0 amide bonds. The Bertz CT molecular complexity index is 1300. The number of alkyl halides is 3. The van der Waals surface area contributed by atoms with E-state index >= 15 is 0 Å². The van der Waals surface area contributed by atoms with Crippen molar-refractivity contribution in [2.75, 3.05) is 4.90 Å². The number of fused-ring (bicyclic) bond motifs is 2. The van der Waals surface area contributed by atoms with E-state index < -0.39 is 34.3 Å². The van der Waals surface area contributed by atoms with Gasteiger partial charge in [0.2, 0.25) is 10.0 Å². The molecule has 0 bridgehead atoms. The number of benzene rings is 3. The molecule has 1 aliphatic carbocycles. The molecule has 0 spiro atoms. The Morgan fingerprint density at radius 3 is 2.08 bits per heavy atom. The predicted octanol–water partition coefficient (Wildman–Crippen LogP) is 5.45. The van der Waals surface area contributed by atoms with Crippen LogP contribution in [-0.4, -0.2) is 38.1 Å². The van der Waals surface area contributed by atoms with Gasteiger partial charge < -0.3 is 14.7 Å². The highest BCUT2D eigenvalue weighted by atomic mass is 32.2. The summed E-state index contributed by atoms with van der Waals surface area (Å²) in [6, 6.07) is 18.6. The summed E-state index contributed by atoms with van der Waals surface area (Å²) in [6.07, 6.45) is -4.12. The zero-order chi connectivity index (χ0) is 25.5. The van der Waals surface area contributed by atoms with E-state index in [1.54, 1.807) is 11.8 Å². The zero-order valence-electron chi connectivity index (χ0n) is 18.9. The first-order chi connectivity index (χ1) is 17.1. The molecule has 36 heavy (non-hydrogen) atoms. The molecule has 0 unspecified atom stereocenters. The zero-order valence-corrected chi connectivity index (χ0v) is 20.5. The molecular weight excluding hydrogens is 513 g/mol. The molecular formula is C25H23F3N2O4S2. The summed E-state index contributed by atoms with van der Waals surface area (Å²) < 4.78 is 69.7. The Kier molecular flexibility index (Phi) is 6.67. The number of sulfonamides is 1. The van der Waals surface area contributed by atoms with Crippen molar-refractivity contribution in [3.8, 4) is 5.75 Å². The lowest BCUT2D eigenvalue weighted by Gasteiger charge is -2.45. The molecule has 1 heterocycles. The summed E-state index contributed by atoms with van der Waals surface area (Å²) >= 11 is 1.65. The number of nitrogens with one attached hydrogen (secondary N) is 1. The third kappa shape index (κ3) is 5.06. The maximum atomic E-state index is 13.0. The van der Waals surface area contributed by atoms with E-state index in [9.17, 15) is 26.7 Å². The van der Waals surface area contributed by atoms with Gasteiger partial charge in [0.15, 0.2) is 0 Å². The molecule has 0 saturated heterocycles. The van der Waals surface area contributed by atoms with Gasteiger partial charge in [-0.05, 0) is 67.8 Å². The van der Waals surface area contributed by atoms with Crippen molar-refractivity contribution in [3.05, 3.63) is 72.8 Å². The molecule has 2 N–H and O–H groups in total. The van der Waals surface area contributed by atoms with Gasteiger partial charge in [0.1, 0.15) is 5.75 Å². The topological polar surface area (TPSA) is 78.9 Å². The van der Waals surface area contributed by atoms with Gasteiger partial charge in [-0.2, -0.15) is 0 Å². The van der Waals surface area contributed by atoms with Crippen molar-refractivity contribution in [2.45, 2.75) is 58.5 Å². The Morgan fingerprint density at radius 2 is 1.50 bits per heavy atom. The average molecular weight is 537 g/mol. The Morgan fingerprint density at radius 1 is 0.917 bits per heavy atom. The summed E-state index contributed by atoms with van der Waals surface area (Å²) in [7, 11) is -4.10. The van der Waals surface area contributed by atoms with E-state index in [1.165, 1.54) is 0 Å². The molecule has 3 aromatic carbocycles. The van der Waals surface area contributed by atoms with Crippen molar-refractivity contribution in [3.63, 3.8) is 0 Å². The molecule has 0 radical (unpaired) electrons. The monoisotopic (exact) mass is 536 g/mol. The van der Waals surface area contributed by atoms with Gasteiger partial charge in [0.25, 0.3) is 0 Å². The van der Waals surface area contributed by atoms with E-state index in [1.807, 2.05) is 48.5 Å². The van der Waals surface area contributed by atoms with Gasteiger partial charge >= 0.3 is 6.36 Å². The van der Waals surface area contributed by atoms with Gasteiger partial charge in [0, 0.05) is 9.79 Å². The van der Waals surface area contributed by atoms with E-state index in [4.69, 9.17) is 0 Å². The van der Waals surface area contributed by atoms with Crippen LogP contribution in [0.1, 0.15) is 19.3 Å². The Hall–Kier alpha value is -2.73. The largest absolute Gasteiger partial charge is 0.573 e. The molecule has 190 valence electrons. The third-order valence-electron chi connectivity index (χ3n) is 6.30. The van der Waals surface area contributed by atoms with E-state index in [-0.39, 0.29) is 10.9 Å². The number of hydrogen-bond acceptors (Lipinski definition) is 6. The summed E-state index contributed by atoms with van der Waals surface area (Å²) in [6.45, 7) is 0. The lowest BCUT2D eigenvalue weighted by molar-refractivity contribution is -0.274. The van der Waals surface area contributed by atoms with Gasteiger partial charge in [-0.25, -0.2) is 13.1 Å². The molecule has 3 atom stereocenters. The molecule has 2 aliphatic rings. The van der Waals surface area contributed by atoms with Gasteiger partial charge in [0.05, 0.1) is 34.5 Å². The highest BCUT2D eigenvalue weighted by Gasteiger charge is 2.40. The fourth-order valence-corrected chi connectivity index (χ4v) is 7.10. The second kappa shape index (κ2) is 9.62. The maximum absolute atomic E-state index is 13.0. The molecule has 11 heteroatoms. The number of nitrogens with zero attached hydrogens (tertiary/aromatic N) is 1. The molecule has 1 fully saturated rings. The van der Waals surface area contributed by atoms with Crippen molar-refractivity contribution in [2.24, 2.45) is 0 Å². The lowest BCUT2D eigenvalue weighted by atomic mass is 9.87. The van der Waals surface area contributed by atoms with Crippen LogP contribution in [0, 0.1) is 0 Å². The molecule has 1 aliphatic heterocycles. The van der Waals surface area contributed by atoms with E-state index in [0.29, 0.717) is 19.3 Å². The number of anilines is 2. The van der Waals surface area contributed by atoms with Gasteiger partial charge in [-0.1, -0.05) is 36.0 Å². The first kappa shape index (κ1) is 24.9. The number of aliphatic hydroxyl groups excluding tert-OH is 1. The highest BCUT2D eigenvalue weighted by Crippen LogP contribution is 2.50. The number of hydrogen-bond donors (Lipinski definition) is 2. The Balaban J connectivity index is 1.39. The van der Waals surface area contributed by atoms with Crippen molar-refractivity contribution in [1.29, 1.82) is 0 Å². The fourth-order valence-electron chi connectivity index (χ4n) is 4.75. The summed E-state index contributed by atoms with van der Waals surface area (Å²) in [4.78, 5) is 3.98. The standard InChI is InChI=1S/C25H23F3N2O4S2/c26-25(27,28)34-16-12-14-17(15-13-16)36(32,33)29-18-6-5-9-21(24(18)31)30-19-7-1-3-10-22(19)35-23-11-4-2-8-20(23)30/h1-4,7-8,10-15,18,21,24,29,31H,5-6,9H2/t18-,21+,24+/m0/s1. The van der Waals surface area contributed by atoms with Crippen LogP contribution < -0.4 is 14.4 Å². The fraction of sp³-hybridized carbons (Fsp3) is 0.280. The minimum absolute atomic E-state index is 0.212. The van der Waals surface area contributed by atoms with Crippen LogP contribution in [0.2, 0.25) is 0 Å². The molecule has 0 aromatic heterocycles. The van der Waals surface area contributed by atoms with Crippen LogP contribution in [0.3, 0.4) is 0 Å². The predicted molar refractivity (Wildman–Crippen MR) is 130 cm³/mol. The van der Waals surface area contributed by atoms with Crippen LogP contribution in [0.5, 0.6) is 5.75 Å². The number of halogens is 3. The molecule has 5 rings (SSSR count). The quantitative estimate of drug-likeness (QED) is 0.452. The van der Waals surface area contributed by atoms with Crippen molar-refractivity contribution >= 4 is 33.2 Å². The van der Waals surface area contributed by atoms with Crippen LogP contribution in [0.25, 0.3) is 0 Å². The number of aliphatic hydroxyl groups is 1. The van der Waals surface area contributed by atoms with Crippen LogP contribution in [-0.2, 0) is 10.0 Å². The maximum Gasteiger partial charge on any atom is 0.573 e. The Labute approximate surface area is 211 Å². The van der Waals surface area contributed by atoms with Crippen LogP contribution >= 0.6 is 11.8 Å². The normalized spacial score (nSPS) is 22.0. The third-order valence-corrected chi connectivity index (χ3v) is 8.93. The second-order valence-corrected chi connectivity index (χ2v) is 11.4. The van der Waals surface area contributed by atoms with Crippen LogP contribution in [0.4, 0.5) is 24.5 Å². The number of para-hydroxylation sites is 2. The minimum atomic E-state index is -4.87. The summed E-state index contributed by atoms with van der Waals surface area (Å²) in [5.41, 5.74) is 1.91. The number of rotatable bonds is 5. The first-order valence-corrected chi connectivity index (χ1v) is 13.6.